The molecule has 124 valence electrons. The van der Waals surface area contributed by atoms with Gasteiger partial charge in [0, 0.05) is 0 Å². The number of ether oxygens (including phenoxy) is 1. The van der Waals surface area contributed by atoms with Crippen molar-refractivity contribution in [1.29, 1.82) is 0 Å². The van der Waals surface area contributed by atoms with Gasteiger partial charge in [0.25, 0.3) is 0 Å². The molecule has 0 bridgehead atoms. The minimum Gasteiger partial charge on any atom is -0.488 e. The molecule has 0 aliphatic heterocycles. The number of nitrogens with one attached hydrogen (secondary N) is 1. The molecular formula is C21H17FN2O. The molecule has 0 unspecified atom stereocenters. The number of aryl methyl sites for hydroxylation is 1. The molecule has 4 aromatic rings. The zero-order valence-electron chi connectivity index (χ0n) is 13.8. The third-order valence-corrected chi connectivity index (χ3v) is 4.09. The zero-order valence-corrected chi connectivity index (χ0v) is 13.8. The van der Waals surface area contributed by atoms with Crippen molar-refractivity contribution in [2.75, 3.05) is 0 Å². The van der Waals surface area contributed by atoms with Gasteiger partial charge >= 0.3 is 0 Å². The summed E-state index contributed by atoms with van der Waals surface area (Å²) in [5, 5.41) is 0. The molecule has 0 aliphatic rings. The van der Waals surface area contributed by atoms with Crippen LogP contribution in [-0.4, -0.2) is 9.97 Å². The lowest BCUT2D eigenvalue weighted by Gasteiger charge is -2.10. The minimum absolute atomic E-state index is 0.248. The van der Waals surface area contributed by atoms with E-state index in [4.69, 9.17) is 4.74 Å². The Balaban J connectivity index is 1.64. The molecule has 0 radical (unpaired) electrons. The van der Waals surface area contributed by atoms with E-state index in [-0.39, 0.29) is 5.82 Å². The molecule has 0 spiro atoms. The van der Waals surface area contributed by atoms with Crippen LogP contribution in [0, 0.1) is 12.7 Å². The zero-order chi connectivity index (χ0) is 17.2. The molecule has 0 saturated carbocycles. The van der Waals surface area contributed by atoms with Crippen LogP contribution >= 0.6 is 0 Å². The van der Waals surface area contributed by atoms with Crippen LogP contribution in [0.1, 0.15) is 11.1 Å². The van der Waals surface area contributed by atoms with E-state index < -0.39 is 0 Å². The SMILES string of the molecule is Cc1ccc2nc(-c3ccccc3OCc3ccc(F)cc3)[nH]c2c1. The summed E-state index contributed by atoms with van der Waals surface area (Å²) in [4.78, 5) is 8.02. The summed E-state index contributed by atoms with van der Waals surface area (Å²) in [5.41, 5.74) is 4.93. The van der Waals surface area contributed by atoms with Gasteiger partial charge in [-0.2, -0.15) is 0 Å². The van der Waals surface area contributed by atoms with Gasteiger partial charge in [0.1, 0.15) is 24.0 Å². The number of rotatable bonds is 4. The van der Waals surface area contributed by atoms with E-state index in [1.54, 1.807) is 12.1 Å². The quantitative estimate of drug-likeness (QED) is 0.554. The summed E-state index contributed by atoms with van der Waals surface area (Å²) in [7, 11) is 0. The van der Waals surface area contributed by atoms with Gasteiger partial charge in [0.15, 0.2) is 0 Å². The lowest BCUT2D eigenvalue weighted by atomic mass is 10.2. The van der Waals surface area contributed by atoms with Crippen LogP contribution in [-0.2, 0) is 6.61 Å². The predicted octanol–water partition coefficient (Wildman–Crippen LogP) is 5.26. The topological polar surface area (TPSA) is 37.9 Å². The summed E-state index contributed by atoms with van der Waals surface area (Å²) in [6.07, 6.45) is 0. The van der Waals surface area contributed by atoms with Crippen LogP contribution in [0.5, 0.6) is 5.75 Å². The molecule has 0 saturated heterocycles. The molecule has 4 heteroatoms. The summed E-state index contributed by atoms with van der Waals surface area (Å²) < 4.78 is 19.0. The van der Waals surface area contributed by atoms with Crippen LogP contribution in [0.4, 0.5) is 4.39 Å². The lowest BCUT2D eigenvalue weighted by molar-refractivity contribution is 0.307. The van der Waals surface area contributed by atoms with E-state index in [1.807, 2.05) is 36.4 Å². The van der Waals surface area contributed by atoms with E-state index in [0.29, 0.717) is 6.61 Å². The number of imidazole rings is 1. The van der Waals surface area contributed by atoms with Crippen LogP contribution < -0.4 is 4.74 Å². The first-order chi connectivity index (χ1) is 12.2. The average Bonchev–Trinajstić information content (AvgIpc) is 3.04. The standard InChI is InChI=1S/C21H17FN2O/c1-14-6-11-18-19(12-14)24-21(23-18)17-4-2-3-5-20(17)25-13-15-7-9-16(22)10-8-15/h2-12H,13H2,1H3,(H,23,24). The van der Waals surface area contributed by atoms with E-state index in [2.05, 4.69) is 23.0 Å². The molecule has 3 aromatic carbocycles. The van der Waals surface area contributed by atoms with Crippen molar-refractivity contribution >= 4 is 11.0 Å². The maximum atomic E-state index is 13.0. The Labute approximate surface area is 145 Å². The largest absolute Gasteiger partial charge is 0.488 e. The Morgan fingerprint density at radius 3 is 2.64 bits per heavy atom. The number of halogens is 1. The van der Waals surface area contributed by atoms with E-state index in [9.17, 15) is 4.39 Å². The van der Waals surface area contributed by atoms with Gasteiger partial charge in [-0.05, 0) is 54.4 Å². The normalized spacial score (nSPS) is 11.0. The third-order valence-electron chi connectivity index (χ3n) is 4.09. The van der Waals surface area contributed by atoms with Crippen LogP contribution in [0.2, 0.25) is 0 Å². The van der Waals surface area contributed by atoms with E-state index in [0.717, 1.165) is 33.7 Å². The van der Waals surface area contributed by atoms with Gasteiger partial charge in [-0.15, -0.1) is 0 Å². The van der Waals surface area contributed by atoms with Crippen LogP contribution in [0.25, 0.3) is 22.4 Å². The molecule has 0 fully saturated rings. The first-order valence-electron chi connectivity index (χ1n) is 8.12. The first-order valence-corrected chi connectivity index (χ1v) is 8.12. The van der Waals surface area contributed by atoms with Gasteiger partial charge < -0.3 is 9.72 Å². The first kappa shape index (κ1) is 15.4. The molecule has 3 nitrogen and oxygen atoms in total. The number of hydrogen-bond donors (Lipinski definition) is 1. The second-order valence-corrected chi connectivity index (χ2v) is 6.02. The second kappa shape index (κ2) is 6.40. The van der Waals surface area contributed by atoms with Gasteiger partial charge in [-0.25, -0.2) is 9.37 Å². The third kappa shape index (κ3) is 3.24. The minimum atomic E-state index is -0.248. The fraction of sp³-hybridized carbons (Fsp3) is 0.0952. The number of nitrogens with zero attached hydrogens (tertiary/aromatic N) is 1. The lowest BCUT2D eigenvalue weighted by Crippen LogP contribution is -1.97. The summed E-state index contributed by atoms with van der Waals surface area (Å²) in [5.74, 6) is 1.26. The average molecular weight is 332 g/mol. The number of hydrogen-bond acceptors (Lipinski definition) is 2. The Morgan fingerprint density at radius 2 is 1.80 bits per heavy atom. The smallest absolute Gasteiger partial charge is 0.142 e. The Morgan fingerprint density at radius 1 is 1.00 bits per heavy atom. The fourth-order valence-electron chi connectivity index (χ4n) is 2.78. The fourth-order valence-corrected chi connectivity index (χ4v) is 2.78. The summed E-state index contributed by atoms with van der Waals surface area (Å²) in [6.45, 7) is 2.43. The van der Waals surface area contributed by atoms with Crippen molar-refractivity contribution in [3.8, 4) is 17.1 Å². The number of fused-ring (bicyclic) bond motifs is 1. The molecule has 0 aliphatic carbocycles. The Bertz CT molecular complexity index is 1020. The highest BCUT2D eigenvalue weighted by molar-refractivity contribution is 5.81. The van der Waals surface area contributed by atoms with E-state index in [1.165, 1.54) is 17.7 Å². The highest BCUT2D eigenvalue weighted by Gasteiger charge is 2.11. The predicted molar refractivity (Wildman–Crippen MR) is 97.0 cm³/mol. The van der Waals surface area contributed by atoms with Crippen molar-refractivity contribution in [3.05, 3.63) is 83.7 Å². The Hall–Kier alpha value is -3.14. The number of benzene rings is 3. The summed E-state index contributed by atoms with van der Waals surface area (Å²) in [6, 6.07) is 20.2. The molecular weight excluding hydrogens is 315 g/mol. The van der Waals surface area contributed by atoms with Crippen molar-refractivity contribution in [1.82, 2.24) is 9.97 Å². The number of para-hydroxylation sites is 1. The maximum Gasteiger partial charge on any atom is 0.142 e. The van der Waals surface area contributed by atoms with Gasteiger partial charge in [0.05, 0.1) is 16.6 Å². The monoisotopic (exact) mass is 332 g/mol. The number of aromatic nitrogens is 2. The van der Waals surface area contributed by atoms with Crippen molar-refractivity contribution in [2.45, 2.75) is 13.5 Å². The van der Waals surface area contributed by atoms with Crippen molar-refractivity contribution in [3.63, 3.8) is 0 Å². The van der Waals surface area contributed by atoms with Crippen molar-refractivity contribution in [2.24, 2.45) is 0 Å². The van der Waals surface area contributed by atoms with Gasteiger partial charge in [-0.3, -0.25) is 0 Å². The molecule has 0 atom stereocenters. The molecule has 25 heavy (non-hydrogen) atoms. The van der Waals surface area contributed by atoms with Crippen molar-refractivity contribution < 1.29 is 9.13 Å². The maximum absolute atomic E-state index is 13.0. The molecule has 1 aromatic heterocycles. The molecule has 0 amide bonds. The highest BCUT2D eigenvalue weighted by atomic mass is 19.1. The number of aromatic amines is 1. The van der Waals surface area contributed by atoms with Crippen LogP contribution in [0.15, 0.2) is 66.7 Å². The van der Waals surface area contributed by atoms with E-state index >= 15 is 0 Å². The molecule has 1 N–H and O–H groups in total. The van der Waals surface area contributed by atoms with Crippen LogP contribution in [0.3, 0.4) is 0 Å². The molecule has 1 heterocycles. The highest BCUT2D eigenvalue weighted by Crippen LogP contribution is 2.30. The van der Waals surface area contributed by atoms with Gasteiger partial charge in [-0.1, -0.05) is 30.3 Å². The summed E-state index contributed by atoms with van der Waals surface area (Å²) >= 11 is 0. The second-order valence-electron chi connectivity index (χ2n) is 6.02. The molecule has 4 rings (SSSR count). The Kier molecular flexibility index (Phi) is 3.94. The number of H-pyrrole nitrogens is 1. The van der Waals surface area contributed by atoms with Gasteiger partial charge in [0.2, 0.25) is 0 Å².